The Morgan fingerprint density at radius 2 is 1.97 bits per heavy atom. The third-order valence-corrected chi connectivity index (χ3v) is 3.73. The molecule has 0 N–H and O–H groups in total. The molecule has 0 aliphatic carbocycles. The first kappa shape index (κ1) is 19.8. The van der Waals surface area contributed by atoms with Crippen LogP contribution in [-0.4, -0.2) is 32.2 Å². The topological polar surface area (TPSA) is 90.1 Å². The van der Waals surface area contributed by atoms with Gasteiger partial charge in [0.05, 0.1) is 7.11 Å². The molecule has 0 amide bonds. The number of methoxy groups -OCH3 is 1. The van der Waals surface area contributed by atoms with Gasteiger partial charge in [-0.2, -0.15) is 14.0 Å². The van der Waals surface area contributed by atoms with Gasteiger partial charge in [0.15, 0.2) is 23.8 Å². The Labute approximate surface area is 164 Å². The first-order valence-corrected chi connectivity index (χ1v) is 8.25. The fourth-order valence-corrected chi connectivity index (χ4v) is 2.46. The lowest BCUT2D eigenvalue weighted by Gasteiger charge is -2.10. The van der Waals surface area contributed by atoms with Crippen molar-refractivity contribution >= 4 is 17.9 Å². The molecular formula is C20H14F2N2O5. The molecule has 0 spiro atoms. The normalized spacial score (nSPS) is 14.4. The van der Waals surface area contributed by atoms with Gasteiger partial charge in [-0.25, -0.2) is 9.79 Å². The second-order valence-corrected chi connectivity index (χ2v) is 5.60. The number of halogens is 2. The van der Waals surface area contributed by atoms with Gasteiger partial charge in [0, 0.05) is 5.56 Å². The molecule has 1 aliphatic heterocycles. The Morgan fingerprint density at radius 1 is 1.21 bits per heavy atom. The van der Waals surface area contributed by atoms with E-state index in [1.807, 2.05) is 6.07 Å². The van der Waals surface area contributed by atoms with Gasteiger partial charge in [0.25, 0.3) is 0 Å². The fourth-order valence-electron chi connectivity index (χ4n) is 2.46. The number of carbonyl (C=O) groups is 1. The summed E-state index contributed by atoms with van der Waals surface area (Å²) in [5.74, 6) is -0.225. The smallest absolute Gasteiger partial charge is 0.387 e. The largest absolute Gasteiger partial charge is 0.493 e. The average molecular weight is 400 g/mol. The van der Waals surface area contributed by atoms with Crippen LogP contribution in [0.4, 0.5) is 8.78 Å². The highest BCUT2D eigenvalue weighted by molar-refractivity contribution is 6.13. The van der Waals surface area contributed by atoms with Crippen LogP contribution in [0.1, 0.15) is 11.1 Å². The summed E-state index contributed by atoms with van der Waals surface area (Å²) in [6.45, 7) is -3.06. The summed E-state index contributed by atoms with van der Waals surface area (Å²) < 4.78 is 44.6. The minimum atomic E-state index is -3.00. The number of nitriles is 1. The second kappa shape index (κ2) is 8.84. The van der Waals surface area contributed by atoms with E-state index >= 15 is 0 Å². The number of aliphatic imine (C=N–C) groups is 1. The molecule has 0 saturated heterocycles. The number of ether oxygens (including phenoxy) is 4. The number of benzene rings is 2. The molecule has 0 radical (unpaired) electrons. The summed E-state index contributed by atoms with van der Waals surface area (Å²) in [4.78, 5) is 16.3. The summed E-state index contributed by atoms with van der Waals surface area (Å²) in [7, 11) is 1.30. The van der Waals surface area contributed by atoms with Crippen LogP contribution in [0.3, 0.4) is 0 Å². The van der Waals surface area contributed by atoms with Crippen LogP contribution >= 0.6 is 0 Å². The zero-order valence-corrected chi connectivity index (χ0v) is 15.1. The molecule has 7 nitrogen and oxygen atoms in total. The van der Waals surface area contributed by atoms with Crippen LogP contribution in [0.15, 0.2) is 53.2 Å². The van der Waals surface area contributed by atoms with Crippen molar-refractivity contribution < 1.29 is 32.5 Å². The van der Waals surface area contributed by atoms with E-state index in [0.29, 0.717) is 16.9 Å². The summed E-state index contributed by atoms with van der Waals surface area (Å²) in [6, 6.07) is 12.7. The maximum absolute atomic E-state index is 12.4. The van der Waals surface area contributed by atoms with Crippen LogP contribution in [-0.2, 0) is 9.53 Å². The molecule has 2 aromatic rings. The number of esters is 1. The second-order valence-electron chi connectivity index (χ2n) is 5.60. The van der Waals surface area contributed by atoms with E-state index in [9.17, 15) is 13.6 Å². The summed E-state index contributed by atoms with van der Waals surface area (Å²) in [5.41, 5.74) is 1.10. The van der Waals surface area contributed by atoms with E-state index in [1.165, 1.54) is 31.4 Å². The fraction of sp³-hybridized carbons (Fsp3) is 0.150. The van der Waals surface area contributed by atoms with Crippen molar-refractivity contribution in [1.29, 1.82) is 5.26 Å². The lowest BCUT2D eigenvalue weighted by Crippen LogP contribution is -2.07. The lowest BCUT2D eigenvalue weighted by molar-refractivity contribution is -0.129. The quantitative estimate of drug-likeness (QED) is 0.522. The Kier molecular flexibility index (Phi) is 6.04. The van der Waals surface area contributed by atoms with Crippen LogP contribution in [0, 0.1) is 11.3 Å². The van der Waals surface area contributed by atoms with E-state index < -0.39 is 12.6 Å². The Balaban J connectivity index is 1.82. The minimum absolute atomic E-state index is 0.0112. The minimum Gasteiger partial charge on any atom is -0.493 e. The van der Waals surface area contributed by atoms with Crippen LogP contribution < -0.4 is 14.2 Å². The highest BCUT2D eigenvalue weighted by atomic mass is 19.3. The molecule has 0 saturated carbocycles. The molecule has 0 atom stereocenters. The molecule has 1 aliphatic rings. The van der Waals surface area contributed by atoms with Gasteiger partial charge in [-0.05, 0) is 42.0 Å². The van der Waals surface area contributed by atoms with Crippen molar-refractivity contribution in [3.05, 3.63) is 59.3 Å². The predicted molar refractivity (Wildman–Crippen MR) is 97.8 cm³/mol. The molecule has 1 heterocycles. The molecule has 148 valence electrons. The van der Waals surface area contributed by atoms with Gasteiger partial charge < -0.3 is 18.9 Å². The molecule has 0 aromatic heterocycles. The molecule has 9 heteroatoms. The molecule has 0 bridgehead atoms. The molecule has 29 heavy (non-hydrogen) atoms. The molecule has 2 aromatic carbocycles. The van der Waals surface area contributed by atoms with E-state index in [2.05, 4.69) is 9.73 Å². The third-order valence-electron chi connectivity index (χ3n) is 3.73. The Bertz CT molecular complexity index is 1010. The zero-order valence-electron chi connectivity index (χ0n) is 15.1. The van der Waals surface area contributed by atoms with E-state index in [-0.39, 0.29) is 29.7 Å². The van der Waals surface area contributed by atoms with Crippen molar-refractivity contribution in [2.75, 3.05) is 13.7 Å². The van der Waals surface area contributed by atoms with Crippen molar-refractivity contribution in [2.24, 2.45) is 4.99 Å². The van der Waals surface area contributed by atoms with E-state index in [1.54, 1.807) is 24.3 Å². The standard InChI is InChI=1S/C20H14F2N2O5/c1-26-17-11-13(4-7-16(17)28-20(21)22)18-24-15(19(25)29-18)10-12-2-5-14(6-3-12)27-9-8-23/h2-7,10-11,20H,9H2,1H3/b15-10-. The number of rotatable bonds is 7. The molecule has 0 unspecified atom stereocenters. The monoisotopic (exact) mass is 400 g/mol. The molecule has 0 fully saturated rings. The van der Waals surface area contributed by atoms with Gasteiger partial charge in [0.2, 0.25) is 5.90 Å². The van der Waals surface area contributed by atoms with Gasteiger partial charge >= 0.3 is 12.6 Å². The zero-order chi connectivity index (χ0) is 20.8. The van der Waals surface area contributed by atoms with Crippen molar-refractivity contribution in [3.8, 4) is 23.3 Å². The maximum Gasteiger partial charge on any atom is 0.387 e. The Hall–Kier alpha value is -3.93. The Morgan fingerprint density at radius 3 is 2.62 bits per heavy atom. The third kappa shape index (κ3) is 4.87. The first-order chi connectivity index (χ1) is 14.0. The van der Waals surface area contributed by atoms with Crippen LogP contribution in [0.2, 0.25) is 0 Å². The summed E-state index contributed by atoms with van der Waals surface area (Å²) in [5, 5.41) is 8.51. The van der Waals surface area contributed by atoms with Gasteiger partial charge in [-0.1, -0.05) is 12.1 Å². The predicted octanol–water partition coefficient (Wildman–Crippen LogP) is 3.54. The number of nitrogens with zero attached hydrogens (tertiary/aromatic N) is 2. The van der Waals surface area contributed by atoms with Gasteiger partial charge in [-0.15, -0.1) is 0 Å². The summed E-state index contributed by atoms with van der Waals surface area (Å²) in [6.07, 6.45) is 1.52. The first-order valence-electron chi connectivity index (χ1n) is 8.25. The summed E-state index contributed by atoms with van der Waals surface area (Å²) >= 11 is 0. The van der Waals surface area contributed by atoms with E-state index in [0.717, 1.165) is 0 Å². The van der Waals surface area contributed by atoms with Crippen molar-refractivity contribution in [3.63, 3.8) is 0 Å². The SMILES string of the molecule is COc1cc(C2=N/C(=C\c3ccc(OCC#N)cc3)C(=O)O2)ccc1OC(F)F. The van der Waals surface area contributed by atoms with Crippen molar-refractivity contribution in [2.45, 2.75) is 6.61 Å². The number of cyclic esters (lactones) is 1. The lowest BCUT2D eigenvalue weighted by atomic mass is 10.2. The van der Waals surface area contributed by atoms with Gasteiger partial charge in [0.1, 0.15) is 11.8 Å². The maximum atomic E-state index is 12.4. The molecular weight excluding hydrogens is 386 g/mol. The number of carbonyl (C=O) groups excluding carboxylic acids is 1. The number of hydrogen-bond donors (Lipinski definition) is 0. The van der Waals surface area contributed by atoms with Crippen molar-refractivity contribution in [1.82, 2.24) is 0 Å². The number of alkyl halides is 2. The average Bonchev–Trinajstić information content (AvgIpc) is 3.07. The highest BCUT2D eigenvalue weighted by Crippen LogP contribution is 2.31. The van der Waals surface area contributed by atoms with Crippen LogP contribution in [0.5, 0.6) is 17.2 Å². The highest BCUT2D eigenvalue weighted by Gasteiger charge is 2.25. The van der Waals surface area contributed by atoms with Crippen LogP contribution in [0.25, 0.3) is 6.08 Å². The van der Waals surface area contributed by atoms with Gasteiger partial charge in [-0.3, -0.25) is 0 Å². The molecule has 3 rings (SSSR count). The number of hydrogen-bond acceptors (Lipinski definition) is 7. The van der Waals surface area contributed by atoms with E-state index in [4.69, 9.17) is 19.5 Å².